The summed E-state index contributed by atoms with van der Waals surface area (Å²) in [4.78, 5) is 26.6. The molecule has 0 bridgehead atoms. The molecule has 1 unspecified atom stereocenters. The second kappa shape index (κ2) is 5.10. The van der Waals surface area contributed by atoms with Crippen LogP contribution in [-0.4, -0.2) is 24.4 Å². The van der Waals surface area contributed by atoms with Crippen molar-refractivity contribution in [2.24, 2.45) is 10.9 Å². The predicted molar refractivity (Wildman–Crippen MR) is 65.2 cm³/mol. The maximum Gasteiger partial charge on any atom is 0.236 e. The molecule has 1 saturated heterocycles. The Kier molecular flexibility index (Phi) is 3.54. The zero-order valence-corrected chi connectivity index (χ0v) is 9.78. The number of carbonyl (C=O) groups is 2. The molecule has 1 aromatic rings. The Labute approximate surface area is 104 Å². The zero-order valence-electron chi connectivity index (χ0n) is 9.02. The van der Waals surface area contributed by atoms with E-state index in [1.54, 1.807) is 12.1 Å². The van der Waals surface area contributed by atoms with E-state index in [9.17, 15) is 9.59 Å². The Morgan fingerprint density at radius 2 is 2.06 bits per heavy atom. The maximum absolute atomic E-state index is 11.3. The van der Waals surface area contributed by atoms with Crippen LogP contribution in [0.3, 0.4) is 0 Å². The third-order valence-electron chi connectivity index (χ3n) is 2.51. The van der Waals surface area contributed by atoms with Crippen LogP contribution in [0, 0.1) is 5.92 Å². The molecule has 0 spiro atoms. The van der Waals surface area contributed by atoms with E-state index in [4.69, 9.17) is 11.6 Å². The van der Waals surface area contributed by atoms with E-state index < -0.39 is 5.92 Å². The molecule has 0 saturated carbocycles. The van der Waals surface area contributed by atoms with Crippen LogP contribution in [-0.2, 0) is 16.1 Å². The lowest BCUT2D eigenvalue weighted by atomic mass is 10.1. The maximum atomic E-state index is 11.3. The van der Waals surface area contributed by atoms with Crippen LogP contribution >= 0.6 is 11.6 Å². The van der Waals surface area contributed by atoms with E-state index in [1.807, 2.05) is 12.1 Å². The van der Waals surface area contributed by atoms with Gasteiger partial charge >= 0.3 is 0 Å². The van der Waals surface area contributed by atoms with Crippen LogP contribution in [0.2, 0.25) is 5.02 Å². The first-order chi connectivity index (χ1) is 8.16. The summed E-state index contributed by atoms with van der Waals surface area (Å²) in [5, 5.41) is 3.15. The van der Waals surface area contributed by atoms with Gasteiger partial charge in [-0.15, -0.1) is 0 Å². The van der Waals surface area contributed by atoms with Crippen molar-refractivity contribution in [2.75, 3.05) is 6.54 Å². The van der Waals surface area contributed by atoms with Gasteiger partial charge in [-0.2, -0.15) is 0 Å². The lowest BCUT2D eigenvalue weighted by molar-refractivity contribution is -0.124. The number of Topliss-reactive ketones (excluding diaryl/α,β-unsaturated/α-hetero) is 1. The molecule has 1 N–H and O–H groups in total. The minimum atomic E-state index is -0.720. The van der Waals surface area contributed by atoms with Crippen LogP contribution in [0.1, 0.15) is 5.56 Å². The van der Waals surface area contributed by atoms with Gasteiger partial charge < -0.3 is 5.32 Å². The fourth-order valence-electron chi connectivity index (χ4n) is 1.54. The number of amides is 1. The quantitative estimate of drug-likeness (QED) is 0.648. The fraction of sp³-hybridized carbons (Fsp3) is 0.250. The molecule has 1 fully saturated rings. The van der Waals surface area contributed by atoms with Crippen molar-refractivity contribution in [3.63, 3.8) is 0 Å². The topological polar surface area (TPSA) is 58.5 Å². The molecule has 88 valence electrons. The van der Waals surface area contributed by atoms with Gasteiger partial charge in [0.2, 0.25) is 5.91 Å². The lowest BCUT2D eigenvalue weighted by Crippen LogP contribution is -2.20. The van der Waals surface area contributed by atoms with Gasteiger partial charge in [0, 0.05) is 11.2 Å². The van der Waals surface area contributed by atoms with E-state index in [0.29, 0.717) is 11.6 Å². The molecule has 1 aromatic carbocycles. The highest BCUT2D eigenvalue weighted by atomic mass is 35.5. The Morgan fingerprint density at radius 1 is 1.35 bits per heavy atom. The van der Waals surface area contributed by atoms with Crippen molar-refractivity contribution < 1.29 is 9.59 Å². The summed E-state index contributed by atoms with van der Waals surface area (Å²) in [5.74, 6) is -1.12. The Balaban J connectivity index is 1.95. The van der Waals surface area contributed by atoms with Gasteiger partial charge in [-0.25, -0.2) is 0 Å². The molecular formula is C12H11ClN2O2. The standard InChI is InChI=1S/C12H11ClN2O2/c13-9-3-1-8(2-4-9)5-14-6-10-11(16)7-15-12(10)17/h1-4,6,10H,5,7H2,(H,15,17). The number of hydrogen-bond acceptors (Lipinski definition) is 3. The first kappa shape index (κ1) is 11.8. The van der Waals surface area contributed by atoms with Gasteiger partial charge in [-0.3, -0.25) is 14.6 Å². The average molecular weight is 251 g/mol. The molecule has 1 amide bonds. The number of nitrogens with zero attached hydrogens (tertiary/aromatic N) is 1. The van der Waals surface area contributed by atoms with Crippen LogP contribution in [0.4, 0.5) is 0 Å². The number of rotatable bonds is 3. The lowest BCUT2D eigenvalue weighted by Gasteiger charge is -1.98. The normalized spacial score (nSPS) is 19.9. The van der Waals surface area contributed by atoms with Crippen LogP contribution in [0.25, 0.3) is 0 Å². The predicted octanol–water partition coefficient (Wildman–Crippen LogP) is 1.23. The highest BCUT2D eigenvalue weighted by Gasteiger charge is 2.30. The minimum Gasteiger partial charge on any atom is -0.348 e. The smallest absolute Gasteiger partial charge is 0.236 e. The first-order valence-electron chi connectivity index (χ1n) is 5.21. The van der Waals surface area contributed by atoms with E-state index in [1.165, 1.54) is 6.21 Å². The average Bonchev–Trinajstić information content (AvgIpc) is 2.63. The zero-order chi connectivity index (χ0) is 12.3. The summed E-state index contributed by atoms with van der Waals surface area (Å²) < 4.78 is 0. The second-order valence-electron chi connectivity index (χ2n) is 3.78. The highest BCUT2D eigenvalue weighted by Crippen LogP contribution is 2.10. The molecule has 2 rings (SSSR count). The summed E-state index contributed by atoms with van der Waals surface area (Å²) in [7, 11) is 0. The van der Waals surface area contributed by atoms with Gasteiger partial charge in [0.25, 0.3) is 0 Å². The highest BCUT2D eigenvalue weighted by molar-refractivity contribution is 6.30. The van der Waals surface area contributed by atoms with Gasteiger partial charge in [0.15, 0.2) is 5.78 Å². The SMILES string of the molecule is O=C1CNC(=O)C1C=NCc1ccc(Cl)cc1. The molecule has 1 heterocycles. The third kappa shape index (κ3) is 2.91. The molecule has 0 radical (unpaired) electrons. The molecule has 0 aliphatic carbocycles. The second-order valence-corrected chi connectivity index (χ2v) is 4.21. The van der Waals surface area contributed by atoms with Crippen molar-refractivity contribution in [3.05, 3.63) is 34.9 Å². The molecule has 17 heavy (non-hydrogen) atoms. The molecule has 0 aromatic heterocycles. The number of aliphatic imine (C=N–C) groups is 1. The van der Waals surface area contributed by atoms with Crippen molar-refractivity contribution in [2.45, 2.75) is 6.54 Å². The summed E-state index contributed by atoms with van der Waals surface area (Å²) in [5.41, 5.74) is 0.983. The number of nitrogens with one attached hydrogen (secondary N) is 1. The number of hydrogen-bond donors (Lipinski definition) is 1. The van der Waals surface area contributed by atoms with Crippen LogP contribution < -0.4 is 5.32 Å². The Morgan fingerprint density at radius 3 is 2.65 bits per heavy atom. The Hall–Kier alpha value is -1.68. The summed E-state index contributed by atoms with van der Waals surface area (Å²) >= 11 is 5.75. The van der Waals surface area contributed by atoms with E-state index in [2.05, 4.69) is 10.3 Å². The van der Waals surface area contributed by atoms with Crippen molar-refractivity contribution in [1.82, 2.24) is 5.32 Å². The largest absolute Gasteiger partial charge is 0.348 e. The Bertz CT molecular complexity index is 452. The van der Waals surface area contributed by atoms with E-state index in [-0.39, 0.29) is 18.2 Å². The number of ketones is 1. The molecule has 1 atom stereocenters. The van der Waals surface area contributed by atoms with E-state index >= 15 is 0 Å². The molecular weight excluding hydrogens is 240 g/mol. The molecule has 4 nitrogen and oxygen atoms in total. The first-order valence-corrected chi connectivity index (χ1v) is 5.59. The van der Waals surface area contributed by atoms with Crippen molar-refractivity contribution in [1.29, 1.82) is 0 Å². The number of halogens is 1. The van der Waals surface area contributed by atoms with Gasteiger partial charge in [-0.1, -0.05) is 23.7 Å². The fourth-order valence-corrected chi connectivity index (χ4v) is 1.67. The monoisotopic (exact) mass is 250 g/mol. The summed E-state index contributed by atoms with van der Waals surface area (Å²) in [6, 6.07) is 7.27. The van der Waals surface area contributed by atoms with Crippen molar-refractivity contribution >= 4 is 29.5 Å². The molecule has 1 aliphatic heterocycles. The summed E-state index contributed by atoms with van der Waals surface area (Å²) in [6.45, 7) is 0.546. The van der Waals surface area contributed by atoms with Crippen LogP contribution in [0.5, 0.6) is 0 Å². The molecule has 1 aliphatic rings. The summed E-state index contributed by atoms with van der Waals surface area (Å²) in [6.07, 6.45) is 1.42. The van der Waals surface area contributed by atoms with Gasteiger partial charge in [-0.05, 0) is 17.7 Å². The number of carbonyl (C=O) groups excluding carboxylic acids is 2. The minimum absolute atomic E-state index is 0.108. The van der Waals surface area contributed by atoms with Gasteiger partial charge in [0.1, 0.15) is 5.92 Å². The van der Waals surface area contributed by atoms with Crippen LogP contribution in [0.15, 0.2) is 29.3 Å². The molecule has 5 heteroatoms. The third-order valence-corrected chi connectivity index (χ3v) is 2.76. The van der Waals surface area contributed by atoms with Crippen molar-refractivity contribution in [3.8, 4) is 0 Å². The number of benzene rings is 1. The van der Waals surface area contributed by atoms with Gasteiger partial charge in [0.05, 0.1) is 13.1 Å². The van der Waals surface area contributed by atoms with E-state index in [0.717, 1.165) is 5.56 Å².